The van der Waals surface area contributed by atoms with Crippen LogP contribution in [-0.4, -0.2) is 48.5 Å². The summed E-state index contributed by atoms with van der Waals surface area (Å²) >= 11 is 0. The molecule has 4 nitrogen and oxygen atoms in total. The minimum atomic E-state index is 0. The molecule has 1 amide bonds. The Morgan fingerprint density at radius 2 is 1.61 bits per heavy atom. The maximum absolute atomic E-state index is 11.6. The van der Waals surface area contributed by atoms with Crippen molar-refractivity contribution in [3.05, 3.63) is 77.9 Å². The molecular weight excluding hydrogens is 372 g/mol. The third-order valence-electron chi connectivity index (χ3n) is 4.97. The van der Waals surface area contributed by atoms with E-state index in [0.717, 1.165) is 44.9 Å². The molecule has 0 N–H and O–H groups in total. The zero-order valence-corrected chi connectivity index (χ0v) is 17.3. The van der Waals surface area contributed by atoms with Crippen molar-refractivity contribution >= 4 is 18.3 Å². The zero-order valence-electron chi connectivity index (χ0n) is 16.5. The van der Waals surface area contributed by atoms with E-state index in [2.05, 4.69) is 54.8 Å². The predicted octanol–water partition coefficient (Wildman–Crippen LogP) is 3.87. The Balaban J connectivity index is 0.00000280. The molecule has 0 spiro atoms. The second-order valence-electron chi connectivity index (χ2n) is 7.03. The zero-order chi connectivity index (χ0) is 19.1. The standard InChI is InChI=1S/C23H28N2O2.ClH/c1-3-23(26)25-15-13-24(14-16-25)18-21-8-6-20(7-9-21)12-17-27-22-10-4-19(2)5-11-22;/h3-11H,1,12-18H2,2H3;1H. The summed E-state index contributed by atoms with van der Waals surface area (Å²) in [6.07, 6.45) is 2.30. The van der Waals surface area contributed by atoms with Gasteiger partial charge in [0.1, 0.15) is 5.75 Å². The fourth-order valence-electron chi connectivity index (χ4n) is 3.25. The van der Waals surface area contributed by atoms with Gasteiger partial charge in [-0.05, 0) is 36.3 Å². The lowest BCUT2D eigenvalue weighted by Crippen LogP contribution is -2.47. The van der Waals surface area contributed by atoms with Crippen LogP contribution in [0.5, 0.6) is 5.75 Å². The van der Waals surface area contributed by atoms with Gasteiger partial charge < -0.3 is 9.64 Å². The Labute approximate surface area is 174 Å². The molecule has 0 radical (unpaired) electrons. The lowest BCUT2D eigenvalue weighted by Gasteiger charge is -2.34. The van der Waals surface area contributed by atoms with Crippen molar-refractivity contribution < 1.29 is 9.53 Å². The van der Waals surface area contributed by atoms with Gasteiger partial charge in [0.25, 0.3) is 0 Å². The van der Waals surface area contributed by atoms with Crippen LogP contribution in [0, 0.1) is 6.92 Å². The monoisotopic (exact) mass is 400 g/mol. The average Bonchev–Trinajstić information content (AvgIpc) is 2.71. The van der Waals surface area contributed by atoms with E-state index in [1.54, 1.807) is 0 Å². The number of ether oxygens (including phenoxy) is 1. The molecule has 0 aromatic heterocycles. The highest BCUT2D eigenvalue weighted by molar-refractivity contribution is 5.87. The van der Waals surface area contributed by atoms with Crippen LogP contribution in [0.3, 0.4) is 0 Å². The predicted molar refractivity (Wildman–Crippen MR) is 116 cm³/mol. The van der Waals surface area contributed by atoms with E-state index in [0.29, 0.717) is 6.61 Å². The molecule has 2 aromatic carbocycles. The molecule has 0 saturated carbocycles. The van der Waals surface area contributed by atoms with Gasteiger partial charge in [-0.2, -0.15) is 0 Å². The van der Waals surface area contributed by atoms with Gasteiger partial charge in [-0.15, -0.1) is 12.4 Å². The van der Waals surface area contributed by atoms with Crippen LogP contribution < -0.4 is 4.74 Å². The largest absolute Gasteiger partial charge is 0.493 e. The van der Waals surface area contributed by atoms with E-state index in [1.165, 1.54) is 22.8 Å². The van der Waals surface area contributed by atoms with Crippen LogP contribution in [0.1, 0.15) is 16.7 Å². The lowest BCUT2D eigenvalue weighted by atomic mass is 10.1. The van der Waals surface area contributed by atoms with Crippen molar-refractivity contribution in [3.63, 3.8) is 0 Å². The first-order chi connectivity index (χ1) is 13.1. The summed E-state index contributed by atoms with van der Waals surface area (Å²) in [7, 11) is 0. The quantitative estimate of drug-likeness (QED) is 0.661. The summed E-state index contributed by atoms with van der Waals surface area (Å²) in [6, 6.07) is 16.9. The lowest BCUT2D eigenvalue weighted by molar-refractivity contribution is -0.127. The minimum Gasteiger partial charge on any atom is -0.493 e. The maximum atomic E-state index is 11.6. The highest BCUT2D eigenvalue weighted by Crippen LogP contribution is 2.13. The first-order valence-corrected chi connectivity index (χ1v) is 9.55. The maximum Gasteiger partial charge on any atom is 0.246 e. The number of benzene rings is 2. The average molecular weight is 401 g/mol. The first kappa shape index (κ1) is 22.0. The van der Waals surface area contributed by atoms with E-state index in [1.807, 2.05) is 17.0 Å². The minimum absolute atomic E-state index is 0. The molecule has 5 heteroatoms. The van der Waals surface area contributed by atoms with E-state index < -0.39 is 0 Å². The summed E-state index contributed by atoms with van der Waals surface area (Å²) in [5.41, 5.74) is 3.83. The number of carbonyl (C=O) groups excluding carboxylic acids is 1. The highest BCUT2D eigenvalue weighted by Gasteiger charge is 2.19. The molecule has 3 rings (SSSR count). The molecule has 1 aliphatic heterocycles. The van der Waals surface area contributed by atoms with Crippen molar-refractivity contribution in [1.82, 2.24) is 9.80 Å². The van der Waals surface area contributed by atoms with Crippen LogP contribution in [0.15, 0.2) is 61.2 Å². The molecule has 0 bridgehead atoms. The van der Waals surface area contributed by atoms with Crippen LogP contribution in [-0.2, 0) is 17.8 Å². The third-order valence-corrected chi connectivity index (χ3v) is 4.97. The van der Waals surface area contributed by atoms with E-state index >= 15 is 0 Å². The van der Waals surface area contributed by atoms with Crippen molar-refractivity contribution in [3.8, 4) is 5.75 Å². The van der Waals surface area contributed by atoms with Crippen molar-refractivity contribution in [2.75, 3.05) is 32.8 Å². The second-order valence-corrected chi connectivity index (χ2v) is 7.03. The van der Waals surface area contributed by atoms with Gasteiger partial charge in [-0.25, -0.2) is 0 Å². The molecule has 1 aliphatic rings. The summed E-state index contributed by atoms with van der Waals surface area (Å²) in [5, 5.41) is 0. The third kappa shape index (κ3) is 6.39. The van der Waals surface area contributed by atoms with Gasteiger partial charge in [0.2, 0.25) is 5.91 Å². The fraction of sp³-hybridized carbons (Fsp3) is 0.348. The molecule has 2 aromatic rings. The summed E-state index contributed by atoms with van der Waals surface area (Å²) < 4.78 is 5.81. The van der Waals surface area contributed by atoms with Crippen LogP contribution in [0.2, 0.25) is 0 Å². The van der Waals surface area contributed by atoms with Crippen LogP contribution >= 0.6 is 12.4 Å². The summed E-state index contributed by atoms with van der Waals surface area (Å²) in [6.45, 7) is 10.6. The van der Waals surface area contributed by atoms with Crippen LogP contribution in [0.25, 0.3) is 0 Å². The molecule has 1 fully saturated rings. The van der Waals surface area contributed by atoms with E-state index in [-0.39, 0.29) is 18.3 Å². The number of nitrogens with zero attached hydrogens (tertiary/aromatic N) is 2. The number of aryl methyl sites for hydroxylation is 1. The Hall–Kier alpha value is -2.30. The van der Waals surface area contributed by atoms with Gasteiger partial charge in [-0.3, -0.25) is 9.69 Å². The number of piperazine rings is 1. The Kier molecular flexibility index (Phi) is 8.55. The van der Waals surface area contributed by atoms with Crippen LogP contribution in [0.4, 0.5) is 0 Å². The molecule has 0 unspecified atom stereocenters. The van der Waals surface area contributed by atoms with E-state index in [4.69, 9.17) is 4.74 Å². The van der Waals surface area contributed by atoms with Gasteiger partial charge in [0, 0.05) is 39.1 Å². The van der Waals surface area contributed by atoms with Crippen molar-refractivity contribution in [1.29, 1.82) is 0 Å². The van der Waals surface area contributed by atoms with Gasteiger partial charge in [-0.1, -0.05) is 48.5 Å². The SMILES string of the molecule is C=CC(=O)N1CCN(Cc2ccc(CCOc3ccc(C)cc3)cc2)CC1.Cl. The number of amides is 1. The molecule has 0 atom stereocenters. The number of carbonyl (C=O) groups is 1. The normalized spacial score (nSPS) is 14.2. The first-order valence-electron chi connectivity index (χ1n) is 9.55. The number of halogens is 1. The summed E-state index contributed by atoms with van der Waals surface area (Å²) in [4.78, 5) is 15.9. The molecule has 1 heterocycles. The number of hydrogen-bond donors (Lipinski definition) is 0. The Morgan fingerprint density at radius 1 is 1.00 bits per heavy atom. The van der Waals surface area contributed by atoms with E-state index in [9.17, 15) is 4.79 Å². The molecule has 1 saturated heterocycles. The Morgan fingerprint density at radius 3 is 2.21 bits per heavy atom. The van der Waals surface area contributed by atoms with Gasteiger partial charge >= 0.3 is 0 Å². The topological polar surface area (TPSA) is 32.8 Å². The fourth-order valence-corrected chi connectivity index (χ4v) is 3.25. The molecule has 0 aliphatic carbocycles. The second kappa shape index (κ2) is 10.9. The highest BCUT2D eigenvalue weighted by atomic mass is 35.5. The van der Waals surface area contributed by atoms with Crippen molar-refractivity contribution in [2.24, 2.45) is 0 Å². The van der Waals surface area contributed by atoms with Gasteiger partial charge in [0.15, 0.2) is 0 Å². The molecule has 150 valence electrons. The Bertz CT molecular complexity index is 751. The number of rotatable bonds is 7. The summed E-state index contributed by atoms with van der Waals surface area (Å²) in [5.74, 6) is 0.957. The van der Waals surface area contributed by atoms with Gasteiger partial charge in [0.05, 0.1) is 6.61 Å². The molecular formula is C23H29ClN2O2. The molecule has 28 heavy (non-hydrogen) atoms. The van der Waals surface area contributed by atoms with Crippen molar-refractivity contribution in [2.45, 2.75) is 19.9 Å². The number of hydrogen-bond acceptors (Lipinski definition) is 3. The smallest absolute Gasteiger partial charge is 0.246 e.